The van der Waals surface area contributed by atoms with E-state index in [4.69, 9.17) is 9.47 Å². The van der Waals surface area contributed by atoms with Crippen molar-refractivity contribution in [3.63, 3.8) is 0 Å². The Balaban J connectivity index is 1.97. The fraction of sp³-hybridized carbons (Fsp3) is 0.350. The van der Waals surface area contributed by atoms with Crippen LogP contribution in [0.15, 0.2) is 30.3 Å². The van der Waals surface area contributed by atoms with Crippen LogP contribution in [0.2, 0.25) is 0 Å². The molecule has 9 N–H and O–H groups in total. The van der Waals surface area contributed by atoms with Gasteiger partial charge in [0.25, 0.3) is 0 Å². The molecule has 0 radical (unpaired) electrons. The molecular formula is C20H20O12. The number of Topliss-reactive ketones (excluding diaryl/α,β-unsaturated/α-hetero) is 1. The van der Waals surface area contributed by atoms with Gasteiger partial charge in [-0.05, 0) is 17.7 Å². The highest BCUT2D eigenvalue weighted by atomic mass is 16.7. The Morgan fingerprint density at radius 2 is 1.59 bits per heavy atom. The van der Waals surface area contributed by atoms with Crippen molar-refractivity contribution in [2.45, 2.75) is 35.8 Å². The number of ketones is 1. The summed E-state index contributed by atoms with van der Waals surface area (Å²) in [5.41, 5.74) is -4.14. The number of phenolic OH excluding ortho intramolecular Hbond substituents is 4. The molecule has 0 aliphatic carbocycles. The SMILES string of the molecule is O=C1c2c(O)cc(O)cc2OC(c2ccc(O)c(O)c2)C1(O)C1(O)OC[C@@H](O)[C@H](O)[C@H]1O. The van der Waals surface area contributed by atoms with E-state index in [9.17, 15) is 50.8 Å². The van der Waals surface area contributed by atoms with E-state index in [-0.39, 0.29) is 5.56 Å². The summed E-state index contributed by atoms with van der Waals surface area (Å²) in [6.45, 7) is -0.799. The van der Waals surface area contributed by atoms with E-state index in [1.54, 1.807) is 0 Å². The van der Waals surface area contributed by atoms with Crippen molar-refractivity contribution in [1.29, 1.82) is 0 Å². The van der Waals surface area contributed by atoms with Crippen LogP contribution in [0, 0.1) is 0 Å². The molecule has 4 rings (SSSR count). The standard InChI is InChI=1S/C20H20O12/c21-8-4-11(24)14-13(5-8)32-18(7-1-2-9(22)10(23)3-7)19(29,16(14)27)20(30)17(28)15(26)12(25)6-31-20/h1-5,12,15,17-18,21-26,28-30H,6H2/t12-,15+,17-,18?,19?,20?/m1/s1. The van der Waals surface area contributed by atoms with Crippen molar-refractivity contribution >= 4 is 5.78 Å². The lowest BCUT2D eigenvalue weighted by atomic mass is 9.71. The smallest absolute Gasteiger partial charge is 0.236 e. The van der Waals surface area contributed by atoms with Crippen LogP contribution in [0.5, 0.6) is 28.7 Å². The van der Waals surface area contributed by atoms with Crippen molar-refractivity contribution in [2.75, 3.05) is 6.61 Å². The quantitative estimate of drug-likeness (QED) is 0.234. The highest BCUT2D eigenvalue weighted by Crippen LogP contribution is 2.52. The van der Waals surface area contributed by atoms with E-state index in [1.807, 2.05) is 0 Å². The Kier molecular flexibility index (Phi) is 4.97. The number of aliphatic hydroxyl groups is 5. The Hall–Kier alpha value is -3.13. The molecule has 3 unspecified atom stereocenters. The number of ether oxygens (including phenoxy) is 2. The fourth-order valence-electron chi connectivity index (χ4n) is 3.97. The largest absolute Gasteiger partial charge is 0.508 e. The van der Waals surface area contributed by atoms with Crippen LogP contribution in [0.25, 0.3) is 0 Å². The second-order valence-electron chi connectivity index (χ2n) is 7.69. The first-order valence-electron chi connectivity index (χ1n) is 9.34. The lowest BCUT2D eigenvalue weighted by molar-refractivity contribution is -0.378. The molecule has 12 heteroatoms. The predicted octanol–water partition coefficient (Wildman–Crippen LogP) is -1.64. The van der Waals surface area contributed by atoms with Gasteiger partial charge in [-0.3, -0.25) is 4.79 Å². The molecule has 2 aliphatic rings. The van der Waals surface area contributed by atoms with E-state index in [0.29, 0.717) is 0 Å². The monoisotopic (exact) mass is 452 g/mol. The van der Waals surface area contributed by atoms with Crippen molar-refractivity contribution in [2.24, 2.45) is 0 Å². The summed E-state index contributed by atoms with van der Waals surface area (Å²) in [7, 11) is 0. The van der Waals surface area contributed by atoms with Gasteiger partial charge in [-0.2, -0.15) is 0 Å². The highest BCUT2D eigenvalue weighted by molar-refractivity contribution is 6.09. The van der Waals surface area contributed by atoms with Crippen LogP contribution in [0.1, 0.15) is 22.0 Å². The number of phenols is 4. The Morgan fingerprint density at radius 3 is 2.25 bits per heavy atom. The molecule has 1 fully saturated rings. The normalized spacial score (nSPS) is 34.6. The molecule has 0 bridgehead atoms. The molecule has 1 saturated heterocycles. The Labute approximate surface area is 179 Å². The van der Waals surface area contributed by atoms with Crippen LogP contribution >= 0.6 is 0 Å². The molecule has 0 aromatic heterocycles. The lowest BCUT2D eigenvalue weighted by Gasteiger charge is -2.52. The minimum Gasteiger partial charge on any atom is -0.508 e. The second-order valence-corrected chi connectivity index (χ2v) is 7.69. The van der Waals surface area contributed by atoms with Gasteiger partial charge in [-0.15, -0.1) is 0 Å². The van der Waals surface area contributed by atoms with Gasteiger partial charge in [0.1, 0.15) is 41.1 Å². The molecule has 2 aromatic carbocycles. The summed E-state index contributed by atoms with van der Waals surface area (Å²) in [6, 6.07) is 4.73. The first kappa shape index (κ1) is 22.1. The highest BCUT2D eigenvalue weighted by Gasteiger charge is 2.71. The average molecular weight is 452 g/mol. The first-order chi connectivity index (χ1) is 14.9. The molecule has 0 saturated carbocycles. The molecule has 2 aromatic rings. The molecule has 2 heterocycles. The Morgan fingerprint density at radius 1 is 0.906 bits per heavy atom. The number of hydrogen-bond donors (Lipinski definition) is 9. The summed E-state index contributed by atoms with van der Waals surface area (Å²) >= 11 is 0. The molecule has 172 valence electrons. The molecule has 0 amide bonds. The van der Waals surface area contributed by atoms with E-state index in [2.05, 4.69) is 0 Å². The molecule has 2 aliphatic heterocycles. The van der Waals surface area contributed by atoms with Crippen LogP contribution in [0.3, 0.4) is 0 Å². The summed E-state index contributed by atoms with van der Waals surface area (Å²) < 4.78 is 10.7. The fourth-order valence-corrected chi connectivity index (χ4v) is 3.97. The molecule has 6 atom stereocenters. The second kappa shape index (κ2) is 7.20. The Bertz CT molecular complexity index is 1090. The zero-order valence-electron chi connectivity index (χ0n) is 16.2. The van der Waals surface area contributed by atoms with Gasteiger partial charge in [0.15, 0.2) is 17.6 Å². The third-order valence-corrected chi connectivity index (χ3v) is 5.70. The maximum absolute atomic E-state index is 13.5. The van der Waals surface area contributed by atoms with E-state index in [1.165, 1.54) is 0 Å². The number of hydrogen-bond acceptors (Lipinski definition) is 12. The number of aromatic hydroxyl groups is 4. The third-order valence-electron chi connectivity index (χ3n) is 5.70. The summed E-state index contributed by atoms with van der Waals surface area (Å²) in [5, 5.41) is 92.5. The van der Waals surface area contributed by atoms with E-state index in [0.717, 1.165) is 30.3 Å². The average Bonchev–Trinajstić information content (AvgIpc) is 2.73. The van der Waals surface area contributed by atoms with Crippen LogP contribution in [-0.2, 0) is 4.74 Å². The number of rotatable bonds is 2. The van der Waals surface area contributed by atoms with Crippen LogP contribution in [0.4, 0.5) is 0 Å². The van der Waals surface area contributed by atoms with E-state index < -0.39 is 82.5 Å². The number of benzene rings is 2. The van der Waals surface area contributed by atoms with E-state index >= 15 is 0 Å². The minimum absolute atomic E-state index is 0.200. The zero-order valence-corrected chi connectivity index (χ0v) is 16.2. The number of fused-ring (bicyclic) bond motifs is 1. The van der Waals surface area contributed by atoms with Gasteiger partial charge in [-0.1, -0.05) is 6.07 Å². The van der Waals surface area contributed by atoms with Gasteiger partial charge >= 0.3 is 0 Å². The van der Waals surface area contributed by atoms with Crippen LogP contribution < -0.4 is 4.74 Å². The van der Waals surface area contributed by atoms with Crippen molar-refractivity contribution in [1.82, 2.24) is 0 Å². The molecular weight excluding hydrogens is 432 g/mol. The predicted molar refractivity (Wildman–Crippen MR) is 101 cm³/mol. The molecule has 32 heavy (non-hydrogen) atoms. The summed E-state index contributed by atoms with van der Waals surface area (Å²) in [4.78, 5) is 13.5. The number of aliphatic hydroxyl groups excluding tert-OH is 3. The van der Waals surface area contributed by atoms with Crippen LogP contribution in [-0.4, -0.2) is 88.0 Å². The summed E-state index contributed by atoms with van der Waals surface area (Å²) in [5.74, 6) is -7.67. The molecule has 12 nitrogen and oxygen atoms in total. The van der Waals surface area contributed by atoms with Gasteiger partial charge in [0.05, 0.1) is 6.61 Å². The summed E-state index contributed by atoms with van der Waals surface area (Å²) in [6.07, 6.45) is -8.10. The van der Waals surface area contributed by atoms with Crippen molar-refractivity contribution in [3.8, 4) is 28.7 Å². The first-order valence-corrected chi connectivity index (χ1v) is 9.34. The zero-order chi connectivity index (χ0) is 23.6. The third kappa shape index (κ3) is 2.89. The lowest BCUT2D eigenvalue weighted by Crippen LogP contribution is -2.76. The van der Waals surface area contributed by atoms with Gasteiger partial charge in [-0.25, -0.2) is 0 Å². The maximum Gasteiger partial charge on any atom is 0.236 e. The molecule has 0 spiro atoms. The van der Waals surface area contributed by atoms with Crippen molar-refractivity contribution < 1.29 is 60.2 Å². The minimum atomic E-state index is -3.27. The number of carbonyl (C=O) groups is 1. The topological polar surface area (TPSA) is 218 Å². The van der Waals surface area contributed by atoms with Gasteiger partial charge in [0.2, 0.25) is 17.2 Å². The van der Waals surface area contributed by atoms with Gasteiger partial charge < -0.3 is 55.4 Å². The van der Waals surface area contributed by atoms with Crippen molar-refractivity contribution in [3.05, 3.63) is 41.5 Å². The van der Waals surface area contributed by atoms with Gasteiger partial charge in [0, 0.05) is 12.1 Å². The maximum atomic E-state index is 13.5. The number of carbonyl (C=O) groups excluding carboxylic acids is 1.